The van der Waals surface area contributed by atoms with E-state index >= 15 is 0 Å². The Morgan fingerprint density at radius 3 is 2.67 bits per heavy atom. The molecule has 0 aliphatic rings. The van der Waals surface area contributed by atoms with Gasteiger partial charge in [-0.05, 0) is 24.6 Å². The molecule has 4 heteroatoms. The van der Waals surface area contributed by atoms with Crippen LogP contribution in [-0.4, -0.2) is 16.7 Å². The zero-order valence-electron chi connectivity index (χ0n) is 10.0. The van der Waals surface area contributed by atoms with Crippen molar-refractivity contribution in [2.45, 2.75) is 13.0 Å². The fraction of sp³-hybridized carbons (Fsp3) is 0.214. The van der Waals surface area contributed by atoms with Gasteiger partial charge in [-0.25, -0.2) is 4.98 Å². The molecule has 2 rings (SSSR count). The lowest BCUT2D eigenvalue weighted by Gasteiger charge is -2.13. The van der Waals surface area contributed by atoms with Gasteiger partial charge in [0.1, 0.15) is 6.10 Å². The van der Waals surface area contributed by atoms with Gasteiger partial charge in [-0.2, -0.15) is 0 Å². The number of hydrogen-bond donors (Lipinski definition) is 1. The maximum absolute atomic E-state index is 10.3. The van der Waals surface area contributed by atoms with Gasteiger partial charge in [-0.3, -0.25) is 0 Å². The molecule has 3 nitrogen and oxygen atoms in total. The molecule has 1 atom stereocenters. The second-order valence-electron chi connectivity index (χ2n) is 3.79. The summed E-state index contributed by atoms with van der Waals surface area (Å²) in [6.07, 6.45) is 0.943. The molecule has 1 unspecified atom stereocenters. The Hall–Kier alpha value is -1.39. The highest BCUT2D eigenvalue weighted by atomic mass is 79.9. The summed E-state index contributed by atoms with van der Waals surface area (Å²) in [5.41, 5.74) is 1.56. The normalized spacial score (nSPS) is 12.2. The highest BCUT2D eigenvalue weighted by Crippen LogP contribution is 2.28. The van der Waals surface area contributed by atoms with E-state index in [1.54, 1.807) is 12.3 Å². The number of rotatable bonds is 4. The van der Waals surface area contributed by atoms with Crippen LogP contribution in [0.25, 0.3) is 0 Å². The van der Waals surface area contributed by atoms with Gasteiger partial charge in [0.2, 0.25) is 5.88 Å². The van der Waals surface area contributed by atoms with Crippen LogP contribution in [-0.2, 0) is 0 Å². The molecule has 0 fully saturated rings. The number of halogens is 1. The van der Waals surface area contributed by atoms with E-state index in [4.69, 9.17) is 4.74 Å². The molecule has 0 amide bonds. The summed E-state index contributed by atoms with van der Waals surface area (Å²) in [4.78, 5) is 4.15. The summed E-state index contributed by atoms with van der Waals surface area (Å²) < 4.78 is 6.15. The van der Waals surface area contributed by atoms with Crippen molar-refractivity contribution in [3.05, 3.63) is 58.2 Å². The Bertz CT molecular complexity index is 513. The molecule has 2 aromatic rings. The number of aliphatic hydroxyl groups is 1. The summed E-state index contributed by atoms with van der Waals surface area (Å²) >= 11 is 3.43. The van der Waals surface area contributed by atoms with Gasteiger partial charge >= 0.3 is 0 Å². The molecule has 0 aliphatic carbocycles. The molecule has 0 bridgehead atoms. The fourth-order valence-corrected chi connectivity index (χ4v) is 2.16. The molecular weight excluding hydrogens is 294 g/mol. The smallest absolute Gasteiger partial charge is 0.213 e. The predicted octanol–water partition coefficient (Wildman–Crippen LogP) is 3.32. The van der Waals surface area contributed by atoms with Crippen molar-refractivity contribution in [2.24, 2.45) is 0 Å². The van der Waals surface area contributed by atoms with Crippen molar-refractivity contribution >= 4 is 15.9 Å². The fourth-order valence-electron chi connectivity index (χ4n) is 1.66. The average molecular weight is 308 g/mol. The van der Waals surface area contributed by atoms with Crippen LogP contribution in [0.3, 0.4) is 0 Å². The van der Waals surface area contributed by atoms with Gasteiger partial charge in [-0.15, -0.1) is 0 Å². The van der Waals surface area contributed by atoms with E-state index in [1.165, 1.54) is 0 Å². The first-order valence-electron chi connectivity index (χ1n) is 5.73. The zero-order valence-corrected chi connectivity index (χ0v) is 11.6. The third-order valence-electron chi connectivity index (χ3n) is 2.57. The van der Waals surface area contributed by atoms with E-state index in [2.05, 4.69) is 20.9 Å². The van der Waals surface area contributed by atoms with E-state index in [9.17, 15) is 5.11 Å². The summed E-state index contributed by atoms with van der Waals surface area (Å²) in [6, 6.07) is 11.2. The molecule has 0 radical (unpaired) electrons. The SMILES string of the molecule is CCOc1ccc(C(O)c2ccccc2Br)cn1. The number of nitrogens with zero attached hydrogens (tertiary/aromatic N) is 1. The van der Waals surface area contributed by atoms with E-state index in [0.29, 0.717) is 12.5 Å². The molecule has 0 spiro atoms. The Balaban J connectivity index is 2.23. The first-order chi connectivity index (χ1) is 8.72. The van der Waals surface area contributed by atoms with Crippen molar-refractivity contribution in [3.8, 4) is 5.88 Å². The van der Waals surface area contributed by atoms with Gasteiger partial charge in [0, 0.05) is 22.3 Å². The summed E-state index contributed by atoms with van der Waals surface area (Å²) in [5, 5.41) is 10.3. The van der Waals surface area contributed by atoms with Crippen LogP contribution in [0.4, 0.5) is 0 Å². The van der Waals surface area contributed by atoms with Gasteiger partial charge in [0.25, 0.3) is 0 Å². The Labute approximate surface area is 115 Å². The number of hydrogen-bond acceptors (Lipinski definition) is 3. The minimum atomic E-state index is -0.691. The van der Waals surface area contributed by atoms with Crippen LogP contribution in [0.1, 0.15) is 24.2 Å². The average Bonchev–Trinajstić information content (AvgIpc) is 2.40. The molecule has 18 heavy (non-hydrogen) atoms. The largest absolute Gasteiger partial charge is 0.478 e. The second-order valence-corrected chi connectivity index (χ2v) is 4.64. The van der Waals surface area contributed by atoms with E-state index in [0.717, 1.165) is 15.6 Å². The summed E-state index contributed by atoms with van der Waals surface area (Å²) in [6.45, 7) is 2.49. The number of benzene rings is 1. The van der Waals surface area contributed by atoms with Crippen LogP contribution < -0.4 is 4.74 Å². The van der Waals surface area contributed by atoms with Crippen molar-refractivity contribution in [2.75, 3.05) is 6.61 Å². The topological polar surface area (TPSA) is 42.4 Å². The summed E-state index contributed by atoms with van der Waals surface area (Å²) in [5.74, 6) is 0.570. The van der Waals surface area contributed by atoms with Gasteiger partial charge < -0.3 is 9.84 Å². The van der Waals surface area contributed by atoms with Crippen molar-refractivity contribution in [1.82, 2.24) is 4.98 Å². The predicted molar refractivity (Wildman–Crippen MR) is 73.6 cm³/mol. The molecule has 0 aliphatic heterocycles. The van der Waals surface area contributed by atoms with E-state index < -0.39 is 6.10 Å². The van der Waals surface area contributed by atoms with Gasteiger partial charge in [0.05, 0.1) is 6.61 Å². The first kappa shape index (κ1) is 13.1. The van der Waals surface area contributed by atoms with Crippen LogP contribution in [0.2, 0.25) is 0 Å². The molecule has 1 aromatic carbocycles. The molecule has 94 valence electrons. The molecule has 1 heterocycles. The van der Waals surface area contributed by atoms with Crippen LogP contribution in [0.15, 0.2) is 47.1 Å². The maximum atomic E-state index is 10.3. The minimum Gasteiger partial charge on any atom is -0.478 e. The maximum Gasteiger partial charge on any atom is 0.213 e. The lowest BCUT2D eigenvalue weighted by Crippen LogP contribution is -2.02. The molecule has 1 N–H and O–H groups in total. The van der Waals surface area contributed by atoms with Gasteiger partial charge in [0.15, 0.2) is 0 Å². The van der Waals surface area contributed by atoms with Crippen LogP contribution in [0, 0.1) is 0 Å². The van der Waals surface area contributed by atoms with E-state index in [1.807, 2.05) is 37.3 Å². The quantitative estimate of drug-likeness (QED) is 0.942. The minimum absolute atomic E-state index is 0.570. The number of aliphatic hydroxyl groups excluding tert-OH is 1. The van der Waals surface area contributed by atoms with Crippen LogP contribution in [0.5, 0.6) is 5.88 Å². The zero-order chi connectivity index (χ0) is 13.0. The summed E-state index contributed by atoms with van der Waals surface area (Å²) in [7, 11) is 0. The highest BCUT2D eigenvalue weighted by molar-refractivity contribution is 9.10. The number of pyridine rings is 1. The molecule has 1 aromatic heterocycles. The van der Waals surface area contributed by atoms with Crippen molar-refractivity contribution < 1.29 is 9.84 Å². The number of ether oxygens (including phenoxy) is 1. The number of aromatic nitrogens is 1. The Morgan fingerprint density at radius 1 is 1.28 bits per heavy atom. The third kappa shape index (κ3) is 2.89. The molecule has 0 saturated heterocycles. The third-order valence-corrected chi connectivity index (χ3v) is 3.29. The Kier molecular flexibility index (Phi) is 4.33. The van der Waals surface area contributed by atoms with Crippen molar-refractivity contribution in [3.63, 3.8) is 0 Å². The lowest BCUT2D eigenvalue weighted by atomic mass is 10.0. The Morgan fingerprint density at radius 2 is 2.06 bits per heavy atom. The monoisotopic (exact) mass is 307 g/mol. The van der Waals surface area contributed by atoms with Gasteiger partial charge in [-0.1, -0.05) is 34.1 Å². The first-order valence-corrected chi connectivity index (χ1v) is 6.53. The standard InChI is InChI=1S/C14H14BrNO2/c1-2-18-13-8-7-10(9-16-13)14(17)11-5-3-4-6-12(11)15/h3-9,14,17H,2H2,1H3. The second kappa shape index (κ2) is 5.98. The van der Waals surface area contributed by atoms with Crippen molar-refractivity contribution in [1.29, 1.82) is 0 Å². The molecular formula is C14H14BrNO2. The van der Waals surface area contributed by atoms with E-state index in [-0.39, 0.29) is 0 Å². The lowest BCUT2D eigenvalue weighted by molar-refractivity contribution is 0.218. The highest BCUT2D eigenvalue weighted by Gasteiger charge is 2.13. The van der Waals surface area contributed by atoms with Crippen LogP contribution >= 0.6 is 15.9 Å². The molecule has 0 saturated carbocycles.